The molecular weight excluding hydrogens is 220 g/mol. The maximum Gasteiger partial charge on any atom is 0.101 e. The Morgan fingerprint density at radius 1 is 0.625 bits per heavy atom. The SMILES string of the molecule is OC[C@@H](O)COCC(O)COC[C@H](O)CO. The average Bonchev–Trinajstić information content (AvgIpc) is 2.28. The molecule has 0 aliphatic rings. The first-order valence-corrected chi connectivity index (χ1v) is 5.01. The second kappa shape index (κ2) is 9.91. The fourth-order valence-electron chi connectivity index (χ4n) is 0.834. The Morgan fingerprint density at radius 2 is 0.938 bits per heavy atom. The maximum absolute atomic E-state index is 9.28. The molecule has 16 heavy (non-hydrogen) atoms. The van der Waals surface area contributed by atoms with E-state index in [9.17, 15) is 5.11 Å². The summed E-state index contributed by atoms with van der Waals surface area (Å²) in [5, 5.41) is 44.0. The molecule has 7 heteroatoms. The summed E-state index contributed by atoms with van der Waals surface area (Å²) in [4.78, 5) is 0. The van der Waals surface area contributed by atoms with Gasteiger partial charge in [-0.15, -0.1) is 0 Å². The number of hydrogen-bond donors (Lipinski definition) is 5. The van der Waals surface area contributed by atoms with Crippen LogP contribution in [0.2, 0.25) is 0 Å². The van der Waals surface area contributed by atoms with E-state index in [-0.39, 0.29) is 26.4 Å². The van der Waals surface area contributed by atoms with Crippen LogP contribution < -0.4 is 0 Å². The Kier molecular flexibility index (Phi) is 9.74. The Bertz CT molecular complexity index is 139. The largest absolute Gasteiger partial charge is 0.394 e. The van der Waals surface area contributed by atoms with Gasteiger partial charge in [0.15, 0.2) is 0 Å². The molecule has 0 amide bonds. The van der Waals surface area contributed by atoms with E-state index in [4.69, 9.17) is 29.9 Å². The summed E-state index contributed by atoms with van der Waals surface area (Å²) in [5.74, 6) is 0. The average molecular weight is 240 g/mol. The number of hydrogen-bond acceptors (Lipinski definition) is 7. The van der Waals surface area contributed by atoms with Gasteiger partial charge in [0.1, 0.15) is 18.3 Å². The van der Waals surface area contributed by atoms with Crippen molar-refractivity contribution in [2.45, 2.75) is 18.3 Å². The number of rotatable bonds is 10. The summed E-state index contributed by atoms with van der Waals surface area (Å²) in [7, 11) is 0. The quantitative estimate of drug-likeness (QED) is 0.277. The van der Waals surface area contributed by atoms with Crippen molar-refractivity contribution >= 4 is 0 Å². The monoisotopic (exact) mass is 240 g/mol. The minimum absolute atomic E-state index is 0.0354. The topological polar surface area (TPSA) is 120 Å². The van der Waals surface area contributed by atoms with Crippen LogP contribution in [-0.4, -0.2) is 83.5 Å². The number of aliphatic hydroxyl groups is 5. The molecule has 0 aromatic rings. The molecule has 7 nitrogen and oxygen atoms in total. The third-order valence-corrected chi connectivity index (χ3v) is 1.66. The molecule has 0 bridgehead atoms. The first-order chi connectivity index (χ1) is 7.60. The third kappa shape index (κ3) is 8.98. The van der Waals surface area contributed by atoms with Crippen LogP contribution in [0.3, 0.4) is 0 Å². The van der Waals surface area contributed by atoms with Gasteiger partial charge in [0.25, 0.3) is 0 Å². The van der Waals surface area contributed by atoms with Crippen molar-refractivity contribution in [1.29, 1.82) is 0 Å². The maximum atomic E-state index is 9.28. The Labute approximate surface area is 93.9 Å². The molecule has 0 saturated carbocycles. The number of ether oxygens (including phenoxy) is 2. The van der Waals surface area contributed by atoms with E-state index in [0.29, 0.717) is 0 Å². The van der Waals surface area contributed by atoms with E-state index in [1.807, 2.05) is 0 Å². The molecule has 5 N–H and O–H groups in total. The predicted molar refractivity (Wildman–Crippen MR) is 53.8 cm³/mol. The van der Waals surface area contributed by atoms with E-state index >= 15 is 0 Å². The van der Waals surface area contributed by atoms with Gasteiger partial charge in [-0.1, -0.05) is 0 Å². The lowest BCUT2D eigenvalue weighted by Gasteiger charge is -2.14. The van der Waals surface area contributed by atoms with Crippen molar-refractivity contribution in [2.24, 2.45) is 0 Å². The third-order valence-electron chi connectivity index (χ3n) is 1.66. The lowest BCUT2D eigenvalue weighted by molar-refractivity contribution is -0.0627. The molecule has 0 fully saturated rings. The lowest BCUT2D eigenvalue weighted by atomic mass is 10.4. The van der Waals surface area contributed by atoms with Crippen LogP contribution in [0.1, 0.15) is 0 Å². The molecule has 0 spiro atoms. The van der Waals surface area contributed by atoms with Gasteiger partial charge in [-0.2, -0.15) is 0 Å². The second-order valence-electron chi connectivity index (χ2n) is 3.40. The predicted octanol–water partition coefficient (Wildman–Crippen LogP) is -2.91. The summed E-state index contributed by atoms with van der Waals surface area (Å²) in [6, 6.07) is 0. The van der Waals surface area contributed by atoms with Crippen LogP contribution in [0.25, 0.3) is 0 Å². The van der Waals surface area contributed by atoms with E-state index in [2.05, 4.69) is 0 Å². The van der Waals surface area contributed by atoms with Gasteiger partial charge in [0, 0.05) is 0 Å². The Balaban J connectivity index is 3.34. The van der Waals surface area contributed by atoms with Crippen molar-refractivity contribution in [2.75, 3.05) is 39.6 Å². The highest BCUT2D eigenvalue weighted by Gasteiger charge is 2.08. The summed E-state index contributed by atoms with van der Waals surface area (Å²) in [6.07, 6.45) is -2.79. The highest BCUT2D eigenvalue weighted by atomic mass is 16.5. The van der Waals surface area contributed by atoms with Gasteiger partial charge in [0.05, 0.1) is 39.6 Å². The highest BCUT2D eigenvalue weighted by molar-refractivity contribution is 4.56. The molecule has 0 heterocycles. The molecule has 98 valence electrons. The molecule has 0 aromatic carbocycles. The van der Waals surface area contributed by atoms with Crippen LogP contribution in [0.5, 0.6) is 0 Å². The minimum atomic E-state index is -0.954. The highest BCUT2D eigenvalue weighted by Crippen LogP contribution is 1.92. The summed E-state index contributed by atoms with van der Waals surface area (Å²) < 4.78 is 9.76. The molecule has 0 rings (SSSR count). The van der Waals surface area contributed by atoms with Crippen LogP contribution in [-0.2, 0) is 9.47 Å². The van der Waals surface area contributed by atoms with Gasteiger partial charge < -0.3 is 35.0 Å². The molecule has 2 atom stereocenters. The van der Waals surface area contributed by atoms with Crippen LogP contribution in [0.4, 0.5) is 0 Å². The van der Waals surface area contributed by atoms with Crippen molar-refractivity contribution in [3.05, 3.63) is 0 Å². The van der Waals surface area contributed by atoms with Crippen molar-refractivity contribution < 1.29 is 35.0 Å². The van der Waals surface area contributed by atoms with Crippen molar-refractivity contribution in [3.63, 3.8) is 0 Å². The summed E-state index contributed by atoms with van der Waals surface area (Å²) in [6.45, 7) is -0.983. The smallest absolute Gasteiger partial charge is 0.101 e. The Hall–Kier alpha value is -0.280. The molecule has 0 saturated heterocycles. The van der Waals surface area contributed by atoms with Crippen LogP contribution in [0.15, 0.2) is 0 Å². The van der Waals surface area contributed by atoms with Gasteiger partial charge in [-0.05, 0) is 0 Å². The van der Waals surface area contributed by atoms with E-state index in [1.54, 1.807) is 0 Å². The molecule has 0 aliphatic heterocycles. The molecule has 0 unspecified atom stereocenters. The minimum Gasteiger partial charge on any atom is -0.394 e. The fraction of sp³-hybridized carbons (Fsp3) is 1.00. The molecule has 0 aliphatic carbocycles. The summed E-state index contributed by atoms with van der Waals surface area (Å²) in [5.41, 5.74) is 0. The Morgan fingerprint density at radius 3 is 1.25 bits per heavy atom. The molecule has 0 aromatic heterocycles. The second-order valence-corrected chi connectivity index (χ2v) is 3.40. The van der Waals surface area contributed by atoms with Crippen molar-refractivity contribution in [1.82, 2.24) is 0 Å². The lowest BCUT2D eigenvalue weighted by Crippen LogP contribution is -2.28. The first kappa shape index (κ1) is 15.7. The molecular formula is C9H20O7. The normalized spacial score (nSPS) is 15.4. The number of aliphatic hydroxyl groups excluding tert-OH is 5. The fourth-order valence-corrected chi connectivity index (χ4v) is 0.834. The summed E-state index contributed by atoms with van der Waals surface area (Å²) >= 11 is 0. The van der Waals surface area contributed by atoms with E-state index < -0.39 is 31.5 Å². The zero-order valence-electron chi connectivity index (χ0n) is 9.03. The van der Waals surface area contributed by atoms with Gasteiger partial charge in [0.2, 0.25) is 0 Å². The first-order valence-electron chi connectivity index (χ1n) is 5.01. The van der Waals surface area contributed by atoms with Crippen LogP contribution in [0, 0.1) is 0 Å². The molecule has 0 radical (unpaired) electrons. The van der Waals surface area contributed by atoms with E-state index in [1.165, 1.54) is 0 Å². The zero-order valence-corrected chi connectivity index (χ0v) is 9.03. The van der Waals surface area contributed by atoms with E-state index in [0.717, 1.165) is 0 Å². The van der Waals surface area contributed by atoms with Gasteiger partial charge in [-0.25, -0.2) is 0 Å². The van der Waals surface area contributed by atoms with Gasteiger partial charge in [-0.3, -0.25) is 0 Å². The van der Waals surface area contributed by atoms with Crippen LogP contribution >= 0.6 is 0 Å². The zero-order chi connectivity index (χ0) is 12.4. The van der Waals surface area contributed by atoms with Crippen molar-refractivity contribution in [3.8, 4) is 0 Å². The van der Waals surface area contributed by atoms with Gasteiger partial charge >= 0.3 is 0 Å². The standard InChI is InChI=1S/C9H20O7/c10-1-7(12)3-15-5-9(14)6-16-4-8(13)2-11/h7-14H,1-6H2/t7-,8-/m1/s1.